The number of nitrogens with zero attached hydrogens (tertiary/aromatic N) is 1. The molecule has 0 saturated heterocycles. The van der Waals surface area contributed by atoms with Gasteiger partial charge in [-0.25, -0.2) is 4.79 Å². The first-order valence-corrected chi connectivity index (χ1v) is 8.41. The third kappa shape index (κ3) is 4.45. The molecule has 5 nitrogen and oxygen atoms in total. The van der Waals surface area contributed by atoms with E-state index in [1.54, 1.807) is 0 Å². The zero-order chi connectivity index (χ0) is 18.4. The third-order valence-corrected chi connectivity index (χ3v) is 4.10. The number of esters is 1. The van der Waals surface area contributed by atoms with Crippen LogP contribution in [0.1, 0.15) is 11.3 Å². The summed E-state index contributed by atoms with van der Waals surface area (Å²) in [7, 11) is 1.31. The van der Waals surface area contributed by atoms with Crippen molar-refractivity contribution >= 4 is 22.8 Å². The predicted molar refractivity (Wildman–Crippen MR) is 99.5 cm³/mol. The van der Waals surface area contributed by atoms with Crippen LogP contribution in [0.3, 0.4) is 0 Å². The summed E-state index contributed by atoms with van der Waals surface area (Å²) >= 11 is 0. The van der Waals surface area contributed by atoms with E-state index in [2.05, 4.69) is 10.3 Å². The fourth-order valence-corrected chi connectivity index (χ4v) is 2.79. The van der Waals surface area contributed by atoms with Gasteiger partial charge in [-0.05, 0) is 17.7 Å². The van der Waals surface area contributed by atoms with Gasteiger partial charge < -0.3 is 10.1 Å². The number of aromatic nitrogens is 1. The van der Waals surface area contributed by atoms with E-state index in [9.17, 15) is 9.59 Å². The van der Waals surface area contributed by atoms with E-state index in [-0.39, 0.29) is 18.7 Å². The van der Waals surface area contributed by atoms with Crippen molar-refractivity contribution in [3.05, 3.63) is 78.0 Å². The lowest BCUT2D eigenvalue weighted by Crippen LogP contribution is -2.43. The number of methoxy groups -OCH3 is 1. The summed E-state index contributed by atoms with van der Waals surface area (Å²) in [5, 5.41) is 3.79. The molecule has 1 aromatic heterocycles. The van der Waals surface area contributed by atoms with Crippen molar-refractivity contribution in [2.75, 3.05) is 7.11 Å². The highest BCUT2D eigenvalue weighted by Crippen LogP contribution is 2.13. The van der Waals surface area contributed by atoms with E-state index in [1.807, 2.05) is 66.7 Å². The van der Waals surface area contributed by atoms with Gasteiger partial charge in [0.2, 0.25) is 5.91 Å². The van der Waals surface area contributed by atoms with E-state index in [0.29, 0.717) is 0 Å². The minimum absolute atomic E-state index is 0.208. The largest absolute Gasteiger partial charge is 0.467 e. The van der Waals surface area contributed by atoms with Crippen LogP contribution in [0.5, 0.6) is 0 Å². The van der Waals surface area contributed by atoms with E-state index in [0.717, 1.165) is 22.2 Å². The number of carbonyl (C=O) groups excluding carboxylic acids is 2. The van der Waals surface area contributed by atoms with Gasteiger partial charge in [0.25, 0.3) is 0 Å². The van der Waals surface area contributed by atoms with Crippen LogP contribution in [0, 0.1) is 0 Å². The van der Waals surface area contributed by atoms with Crippen molar-refractivity contribution in [2.24, 2.45) is 0 Å². The summed E-state index contributed by atoms with van der Waals surface area (Å²) in [5.74, 6) is -0.714. The Morgan fingerprint density at radius 3 is 2.50 bits per heavy atom. The molecule has 0 aliphatic rings. The number of benzene rings is 2. The second kappa shape index (κ2) is 8.25. The van der Waals surface area contributed by atoms with Crippen molar-refractivity contribution in [3.8, 4) is 0 Å². The SMILES string of the molecule is COC(=O)[C@@H](Cc1ccc2ccccc2n1)NC(=O)Cc1ccccc1. The van der Waals surface area contributed by atoms with Gasteiger partial charge in [0.1, 0.15) is 6.04 Å². The molecule has 3 rings (SSSR count). The molecule has 0 saturated carbocycles. The maximum absolute atomic E-state index is 12.3. The number of pyridine rings is 1. The lowest BCUT2D eigenvalue weighted by molar-refractivity contribution is -0.145. The van der Waals surface area contributed by atoms with Crippen molar-refractivity contribution in [2.45, 2.75) is 18.9 Å². The van der Waals surface area contributed by atoms with Gasteiger partial charge in [0.15, 0.2) is 0 Å². The van der Waals surface area contributed by atoms with Gasteiger partial charge in [-0.2, -0.15) is 0 Å². The smallest absolute Gasteiger partial charge is 0.328 e. The van der Waals surface area contributed by atoms with Gasteiger partial charge in [-0.3, -0.25) is 9.78 Å². The summed E-state index contributed by atoms with van der Waals surface area (Å²) in [6, 6.07) is 20.2. The third-order valence-electron chi connectivity index (χ3n) is 4.10. The maximum Gasteiger partial charge on any atom is 0.328 e. The number of para-hydroxylation sites is 1. The van der Waals surface area contributed by atoms with Gasteiger partial charge in [0, 0.05) is 17.5 Å². The zero-order valence-electron chi connectivity index (χ0n) is 14.5. The molecule has 0 spiro atoms. The summed E-state index contributed by atoms with van der Waals surface area (Å²) in [6.45, 7) is 0. The second-order valence-electron chi connectivity index (χ2n) is 6.01. The average Bonchev–Trinajstić information content (AvgIpc) is 2.67. The van der Waals surface area contributed by atoms with Crippen LogP contribution in [0.25, 0.3) is 10.9 Å². The highest BCUT2D eigenvalue weighted by atomic mass is 16.5. The van der Waals surface area contributed by atoms with Crippen molar-refractivity contribution in [1.82, 2.24) is 10.3 Å². The number of amides is 1. The number of nitrogens with one attached hydrogen (secondary N) is 1. The Morgan fingerprint density at radius 2 is 1.73 bits per heavy atom. The molecule has 1 amide bonds. The number of hydrogen-bond acceptors (Lipinski definition) is 4. The van der Waals surface area contributed by atoms with E-state index in [1.165, 1.54) is 7.11 Å². The van der Waals surface area contributed by atoms with Crippen molar-refractivity contribution in [3.63, 3.8) is 0 Å². The van der Waals surface area contributed by atoms with Gasteiger partial charge in [-0.1, -0.05) is 54.6 Å². The molecule has 132 valence electrons. The highest BCUT2D eigenvalue weighted by molar-refractivity contribution is 5.86. The summed E-state index contributed by atoms with van der Waals surface area (Å²) in [4.78, 5) is 29.0. The van der Waals surface area contributed by atoms with Gasteiger partial charge in [-0.15, -0.1) is 0 Å². The molecular weight excluding hydrogens is 328 g/mol. The lowest BCUT2D eigenvalue weighted by Gasteiger charge is -2.16. The fraction of sp³-hybridized carbons (Fsp3) is 0.190. The first-order chi connectivity index (χ1) is 12.7. The molecule has 26 heavy (non-hydrogen) atoms. The van der Waals surface area contributed by atoms with Gasteiger partial charge >= 0.3 is 5.97 Å². The molecule has 1 N–H and O–H groups in total. The molecule has 5 heteroatoms. The zero-order valence-corrected chi connectivity index (χ0v) is 14.5. The Bertz CT molecular complexity index is 909. The van der Waals surface area contributed by atoms with Crippen molar-refractivity contribution < 1.29 is 14.3 Å². The molecule has 0 fully saturated rings. The number of carbonyl (C=O) groups is 2. The second-order valence-corrected chi connectivity index (χ2v) is 6.01. The summed E-state index contributed by atoms with van der Waals surface area (Å²) in [5.41, 5.74) is 2.46. The Kier molecular flexibility index (Phi) is 5.59. The molecule has 2 aromatic carbocycles. The van der Waals surface area contributed by atoms with Crippen LogP contribution >= 0.6 is 0 Å². The Morgan fingerprint density at radius 1 is 1.00 bits per heavy atom. The molecule has 1 heterocycles. The lowest BCUT2D eigenvalue weighted by atomic mass is 10.1. The standard InChI is InChI=1S/C21H20N2O3/c1-26-21(25)19(23-20(24)13-15-7-3-2-4-8-15)14-17-12-11-16-9-5-6-10-18(16)22-17/h2-12,19H,13-14H2,1H3,(H,23,24)/t19-/m1/s1. The molecule has 0 aliphatic heterocycles. The number of rotatable bonds is 6. The maximum atomic E-state index is 12.3. The Hall–Kier alpha value is -3.21. The first-order valence-electron chi connectivity index (χ1n) is 8.41. The average molecular weight is 348 g/mol. The van der Waals surface area contributed by atoms with Crippen LogP contribution < -0.4 is 5.32 Å². The van der Waals surface area contributed by atoms with Crippen LogP contribution in [0.2, 0.25) is 0 Å². The molecule has 0 radical (unpaired) electrons. The van der Waals surface area contributed by atoms with E-state index < -0.39 is 12.0 Å². The van der Waals surface area contributed by atoms with E-state index in [4.69, 9.17) is 4.74 Å². The molecule has 0 bridgehead atoms. The number of fused-ring (bicyclic) bond motifs is 1. The molecule has 0 aliphatic carbocycles. The van der Waals surface area contributed by atoms with Crippen LogP contribution in [0.15, 0.2) is 66.7 Å². The highest BCUT2D eigenvalue weighted by Gasteiger charge is 2.22. The normalized spacial score (nSPS) is 11.7. The summed E-state index contributed by atoms with van der Waals surface area (Å²) in [6.07, 6.45) is 0.484. The topological polar surface area (TPSA) is 68.3 Å². The molecule has 0 unspecified atom stereocenters. The Balaban J connectivity index is 1.72. The van der Waals surface area contributed by atoms with Gasteiger partial charge in [0.05, 0.1) is 19.0 Å². The summed E-state index contributed by atoms with van der Waals surface area (Å²) < 4.78 is 4.84. The quantitative estimate of drug-likeness (QED) is 0.696. The van der Waals surface area contributed by atoms with Crippen LogP contribution in [-0.2, 0) is 27.2 Å². The molecule has 1 atom stereocenters. The number of ether oxygens (including phenoxy) is 1. The van der Waals surface area contributed by atoms with Crippen LogP contribution in [0.4, 0.5) is 0 Å². The minimum atomic E-state index is -0.773. The monoisotopic (exact) mass is 348 g/mol. The minimum Gasteiger partial charge on any atom is -0.467 e. The van der Waals surface area contributed by atoms with Crippen molar-refractivity contribution in [1.29, 1.82) is 0 Å². The molecular formula is C21H20N2O3. The fourth-order valence-electron chi connectivity index (χ4n) is 2.79. The van der Waals surface area contributed by atoms with Crippen LogP contribution in [-0.4, -0.2) is 30.0 Å². The predicted octanol–water partition coefficient (Wildman–Crippen LogP) is 2.68. The number of hydrogen-bond donors (Lipinski definition) is 1. The molecule has 3 aromatic rings. The Labute approximate surface area is 152 Å². The van der Waals surface area contributed by atoms with E-state index >= 15 is 0 Å². The first kappa shape index (κ1) is 17.6.